The molecule has 0 bridgehead atoms. The number of nitrogens with two attached hydrogens (primary N) is 2. The summed E-state index contributed by atoms with van der Waals surface area (Å²) in [6.07, 6.45) is 5.62. The van der Waals surface area contributed by atoms with Crippen molar-refractivity contribution in [2.45, 2.75) is 57.4 Å². The van der Waals surface area contributed by atoms with Crippen LogP contribution in [0.4, 0.5) is 17.5 Å². The van der Waals surface area contributed by atoms with Gasteiger partial charge in [-0.25, -0.2) is 4.98 Å². The third-order valence-electron chi connectivity index (χ3n) is 6.26. The number of carbonyl (C=O) groups is 1. The zero-order valence-electron chi connectivity index (χ0n) is 19.0. The first kappa shape index (κ1) is 22.4. The van der Waals surface area contributed by atoms with Gasteiger partial charge in [0, 0.05) is 48.3 Å². The molecule has 2 aromatic heterocycles. The fraction of sp³-hybridized carbons (Fsp3) is 0.565. The van der Waals surface area contributed by atoms with Crippen LogP contribution in [0.1, 0.15) is 73.1 Å². The molecule has 0 radical (unpaired) electrons. The van der Waals surface area contributed by atoms with E-state index in [1.807, 2.05) is 6.07 Å². The number of nitrogens with one attached hydrogen (secondary N) is 2. The summed E-state index contributed by atoms with van der Waals surface area (Å²) in [5.41, 5.74) is 15.0. The summed E-state index contributed by atoms with van der Waals surface area (Å²) in [7, 11) is 0. The molecular formula is C23H34N8O. The largest absolute Gasteiger partial charge is 0.365 e. The fourth-order valence-electron chi connectivity index (χ4n) is 4.40. The number of carbonyl (C=O) groups excluding carboxylic acids is 1. The van der Waals surface area contributed by atoms with E-state index in [4.69, 9.17) is 16.5 Å². The molecule has 4 heterocycles. The van der Waals surface area contributed by atoms with E-state index >= 15 is 0 Å². The van der Waals surface area contributed by atoms with Gasteiger partial charge in [-0.15, -0.1) is 0 Å². The minimum atomic E-state index is -0.564. The molecule has 2 aliphatic heterocycles. The molecule has 1 unspecified atom stereocenters. The van der Waals surface area contributed by atoms with Crippen LogP contribution < -0.4 is 27.0 Å². The summed E-state index contributed by atoms with van der Waals surface area (Å²) >= 11 is 0. The highest BCUT2D eigenvalue weighted by atomic mass is 16.1. The maximum absolute atomic E-state index is 12.1. The van der Waals surface area contributed by atoms with E-state index in [0.717, 1.165) is 62.4 Å². The lowest BCUT2D eigenvalue weighted by atomic mass is 9.93. The Balaban J connectivity index is 1.67. The fourth-order valence-corrected chi connectivity index (χ4v) is 4.40. The van der Waals surface area contributed by atoms with E-state index < -0.39 is 5.91 Å². The van der Waals surface area contributed by atoms with Crippen LogP contribution in [0.2, 0.25) is 0 Å². The van der Waals surface area contributed by atoms with Crippen LogP contribution in [0.15, 0.2) is 18.3 Å². The van der Waals surface area contributed by atoms with Crippen LogP contribution in [0.25, 0.3) is 0 Å². The van der Waals surface area contributed by atoms with Crippen LogP contribution in [0.3, 0.4) is 0 Å². The topological polar surface area (TPSA) is 135 Å². The number of piperidine rings is 2. The van der Waals surface area contributed by atoms with E-state index in [1.54, 1.807) is 0 Å². The molecule has 1 amide bonds. The lowest BCUT2D eigenvalue weighted by molar-refractivity contribution is 0.100. The molecule has 0 spiro atoms. The van der Waals surface area contributed by atoms with Crippen molar-refractivity contribution in [3.8, 4) is 0 Å². The minimum Gasteiger partial charge on any atom is -0.365 e. The number of anilines is 3. The second kappa shape index (κ2) is 9.79. The van der Waals surface area contributed by atoms with Gasteiger partial charge in [0.25, 0.3) is 5.91 Å². The highest BCUT2D eigenvalue weighted by Crippen LogP contribution is 2.30. The zero-order chi connectivity index (χ0) is 22.7. The summed E-state index contributed by atoms with van der Waals surface area (Å²) in [6, 6.07) is 4.20. The van der Waals surface area contributed by atoms with Gasteiger partial charge >= 0.3 is 0 Å². The van der Waals surface area contributed by atoms with Gasteiger partial charge in [-0.2, -0.15) is 4.98 Å². The third kappa shape index (κ3) is 5.16. The molecule has 0 aliphatic carbocycles. The summed E-state index contributed by atoms with van der Waals surface area (Å²) in [5.74, 6) is 1.11. The number of pyridine rings is 1. The zero-order valence-corrected chi connectivity index (χ0v) is 19.0. The SMILES string of the molecule is CC(C)c1cc(Nc2nc(N3CCCC(N)C3)ncc2C(N)=O)cc(C2CCNCC2)n1. The molecule has 4 rings (SSSR count). The van der Waals surface area contributed by atoms with Gasteiger partial charge in [-0.05, 0) is 56.8 Å². The van der Waals surface area contributed by atoms with Crippen molar-refractivity contribution in [1.29, 1.82) is 0 Å². The standard InChI is InChI=1S/C23H34N8O/c1-14(2)19-10-17(11-20(29-19)15-5-7-26-8-6-15)28-22-18(21(25)32)12-27-23(30-22)31-9-3-4-16(24)13-31/h10-12,14-16,26H,3-9,13,24H2,1-2H3,(H2,25,32)(H,27,28,29,30). The third-order valence-corrected chi connectivity index (χ3v) is 6.26. The Morgan fingerprint density at radius 3 is 2.69 bits per heavy atom. The van der Waals surface area contributed by atoms with Crippen LogP contribution in [-0.2, 0) is 0 Å². The highest BCUT2D eigenvalue weighted by Gasteiger charge is 2.22. The van der Waals surface area contributed by atoms with Gasteiger partial charge in [0.1, 0.15) is 11.4 Å². The molecule has 1 atom stereocenters. The van der Waals surface area contributed by atoms with Gasteiger partial charge in [0.2, 0.25) is 5.95 Å². The number of hydrogen-bond donors (Lipinski definition) is 4. The lowest BCUT2D eigenvalue weighted by Crippen LogP contribution is -2.43. The van der Waals surface area contributed by atoms with Crippen molar-refractivity contribution in [3.05, 3.63) is 35.3 Å². The number of amides is 1. The van der Waals surface area contributed by atoms with Crippen LogP contribution in [-0.4, -0.2) is 53.1 Å². The number of hydrogen-bond acceptors (Lipinski definition) is 8. The molecule has 0 saturated carbocycles. The number of primary amides is 1. The Morgan fingerprint density at radius 2 is 2.00 bits per heavy atom. The van der Waals surface area contributed by atoms with Gasteiger partial charge in [-0.1, -0.05) is 13.8 Å². The Labute approximate surface area is 189 Å². The predicted molar refractivity (Wildman–Crippen MR) is 126 cm³/mol. The van der Waals surface area contributed by atoms with Crippen molar-refractivity contribution in [2.24, 2.45) is 11.5 Å². The maximum atomic E-state index is 12.1. The molecule has 2 aliphatic rings. The molecule has 9 heteroatoms. The first-order valence-electron chi connectivity index (χ1n) is 11.6. The van der Waals surface area contributed by atoms with Crippen molar-refractivity contribution >= 4 is 23.4 Å². The van der Waals surface area contributed by atoms with E-state index in [0.29, 0.717) is 24.2 Å². The van der Waals surface area contributed by atoms with E-state index in [1.165, 1.54) is 6.20 Å². The Kier molecular flexibility index (Phi) is 6.86. The average molecular weight is 439 g/mol. The summed E-state index contributed by atoms with van der Waals surface area (Å²) in [4.78, 5) is 28.2. The maximum Gasteiger partial charge on any atom is 0.254 e. The molecule has 0 aromatic carbocycles. The lowest BCUT2D eigenvalue weighted by Gasteiger charge is -2.31. The van der Waals surface area contributed by atoms with Crippen molar-refractivity contribution in [1.82, 2.24) is 20.3 Å². The van der Waals surface area contributed by atoms with Crippen LogP contribution in [0, 0.1) is 0 Å². The number of nitrogens with zero attached hydrogens (tertiary/aromatic N) is 4. The monoisotopic (exact) mass is 438 g/mol. The van der Waals surface area contributed by atoms with E-state index in [-0.39, 0.29) is 17.5 Å². The smallest absolute Gasteiger partial charge is 0.254 e. The van der Waals surface area contributed by atoms with Gasteiger partial charge < -0.3 is 27.0 Å². The van der Waals surface area contributed by atoms with Gasteiger partial charge in [0.05, 0.1) is 0 Å². The van der Waals surface area contributed by atoms with Crippen LogP contribution in [0.5, 0.6) is 0 Å². The minimum absolute atomic E-state index is 0.0981. The number of aromatic nitrogens is 3. The average Bonchev–Trinajstić information content (AvgIpc) is 2.79. The van der Waals surface area contributed by atoms with Crippen molar-refractivity contribution in [2.75, 3.05) is 36.4 Å². The second-order valence-electron chi connectivity index (χ2n) is 9.15. The first-order valence-corrected chi connectivity index (χ1v) is 11.6. The molecular weight excluding hydrogens is 404 g/mol. The van der Waals surface area contributed by atoms with Crippen molar-refractivity contribution < 1.29 is 4.79 Å². The van der Waals surface area contributed by atoms with Crippen LogP contribution >= 0.6 is 0 Å². The summed E-state index contributed by atoms with van der Waals surface area (Å²) < 4.78 is 0. The summed E-state index contributed by atoms with van der Waals surface area (Å²) in [5, 5.41) is 6.77. The second-order valence-corrected chi connectivity index (χ2v) is 9.15. The highest BCUT2D eigenvalue weighted by molar-refractivity contribution is 5.98. The predicted octanol–water partition coefficient (Wildman–Crippen LogP) is 2.23. The molecule has 32 heavy (non-hydrogen) atoms. The Hall–Kier alpha value is -2.78. The molecule has 9 nitrogen and oxygen atoms in total. The Morgan fingerprint density at radius 1 is 1.22 bits per heavy atom. The molecule has 172 valence electrons. The Bertz CT molecular complexity index is 957. The molecule has 6 N–H and O–H groups in total. The quantitative estimate of drug-likeness (QED) is 0.539. The molecule has 2 fully saturated rings. The summed E-state index contributed by atoms with van der Waals surface area (Å²) in [6.45, 7) is 7.81. The van der Waals surface area contributed by atoms with E-state index in [2.05, 4.69) is 45.4 Å². The first-order chi connectivity index (χ1) is 15.4. The molecule has 2 aromatic rings. The van der Waals surface area contributed by atoms with Gasteiger partial charge in [0.15, 0.2) is 0 Å². The number of rotatable bonds is 6. The normalized spacial score (nSPS) is 19.9. The molecule has 2 saturated heterocycles. The van der Waals surface area contributed by atoms with Crippen molar-refractivity contribution in [3.63, 3.8) is 0 Å². The van der Waals surface area contributed by atoms with Gasteiger partial charge in [-0.3, -0.25) is 9.78 Å². The van der Waals surface area contributed by atoms with E-state index in [9.17, 15) is 4.79 Å².